The molecule has 0 saturated carbocycles. The Morgan fingerprint density at radius 2 is 1.74 bits per heavy atom. The Balaban J connectivity index is 0.00000408. The molecule has 2 aromatic carbocycles. The molecule has 11 heteroatoms. The number of ketones is 1. The van der Waals surface area contributed by atoms with Gasteiger partial charge in [-0.3, -0.25) is 9.78 Å². The predicted molar refractivity (Wildman–Crippen MR) is 134 cm³/mol. The van der Waals surface area contributed by atoms with E-state index in [1.54, 1.807) is 36.4 Å². The Morgan fingerprint density at radius 3 is 2.32 bits per heavy atom. The summed E-state index contributed by atoms with van der Waals surface area (Å²) in [6.07, 6.45) is 1.43. The van der Waals surface area contributed by atoms with Crippen molar-refractivity contribution in [3.63, 3.8) is 0 Å². The van der Waals surface area contributed by atoms with Gasteiger partial charge in [-0.2, -0.15) is 0 Å². The molecule has 3 aromatic rings. The number of nitrogens with one attached hydrogen (secondary N) is 1. The van der Waals surface area contributed by atoms with Crippen LogP contribution in [-0.4, -0.2) is 44.7 Å². The minimum Gasteiger partial charge on any atom is -0.493 e. The monoisotopic (exact) mass is 528 g/mol. The van der Waals surface area contributed by atoms with Crippen LogP contribution in [0, 0.1) is 0 Å². The summed E-state index contributed by atoms with van der Waals surface area (Å²) >= 11 is 5.49. The average Bonchev–Trinajstić information content (AvgIpc) is 2.80. The van der Waals surface area contributed by atoms with Crippen molar-refractivity contribution < 1.29 is 27.4 Å². The number of pyridine rings is 1. The highest BCUT2D eigenvalue weighted by Crippen LogP contribution is 2.35. The largest absolute Gasteiger partial charge is 0.493 e. The lowest BCUT2D eigenvalue weighted by Gasteiger charge is -2.15. The number of halogens is 2. The van der Waals surface area contributed by atoms with Crippen molar-refractivity contribution in [3.8, 4) is 17.2 Å². The maximum atomic E-state index is 13.4. The summed E-state index contributed by atoms with van der Waals surface area (Å²) in [7, 11) is -0.665. The third kappa shape index (κ3) is 6.29. The highest BCUT2D eigenvalue weighted by molar-refractivity contribution is 7.90. The summed E-state index contributed by atoms with van der Waals surface area (Å²) in [5.74, 6) is 1.11. The molecule has 0 aliphatic carbocycles. The Morgan fingerprint density at radius 1 is 1.09 bits per heavy atom. The van der Waals surface area contributed by atoms with Crippen LogP contribution in [0.15, 0.2) is 42.6 Å². The van der Waals surface area contributed by atoms with Crippen LogP contribution in [0.5, 0.6) is 17.2 Å². The lowest BCUT2D eigenvalue weighted by atomic mass is 9.99. The zero-order valence-corrected chi connectivity index (χ0v) is 21.5. The first-order valence-electron chi connectivity index (χ1n) is 10.1. The number of aromatic nitrogens is 1. The summed E-state index contributed by atoms with van der Waals surface area (Å²) < 4.78 is 42.6. The van der Waals surface area contributed by atoms with Crippen LogP contribution in [0.1, 0.15) is 35.5 Å². The van der Waals surface area contributed by atoms with Gasteiger partial charge in [0.05, 0.1) is 20.3 Å². The molecule has 0 aliphatic heterocycles. The summed E-state index contributed by atoms with van der Waals surface area (Å²) in [5, 5.41) is 0.522. The molecule has 3 rings (SSSR count). The minimum absolute atomic E-state index is 0. The Bertz CT molecular complexity index is 1280. The van der Waals surface area contributed by atoms with E-state index in [2.05, 4.69) is 9.71 Å². The summed E-state index contributed by atoms with van der Waals surface area (Å²) in [6.45, 7) is 3.75. The first-order valence-corrected chi connectivity index (χ1v) is 12.3. The van der Waals surface area contributed by atoms with E-state index in [1.165, 1.54) is 20.4 Å². The number of nitrogens with zero attached hydrogens (tertiary/aromatic N) is 1. The molecule has 1 heterocycles. The van der Waals surface area contributed by atoms with E-state index in [4.69, 9.17) is 25.8 Å². The van der Waals surface area contributed by atoms with Gasteiger partial charge in [0, 0.05) is 23.7 Å². The molecule has 0 atom stereocenters. The highest BCUT2D eigenvalue weighted by atomic mass is 35.5. The lowest BCUT2D eigenvalue weighted by Crippen LogP contribution is -2.24. The van der Waals surface area contributed by atoms with Crippen molar-refractivity contribution in [1.29, 1.82) is 0 Å². The van der Waals surface area contributed by atoms with E-state index in [1.807, 2.05) is 13.8 Å². The molecular weight excluding hydrogens is 503 g/mol. The molecular formula is C23H26Cl2N2O6S. The second kappa shape index (κ2) is 11.7. The third-order valence-corrected chi connectivity index (χ3v) is 6.52. The summed E-state index contributed by atoms with van der Waals surface area (Å²) in [4.78, 5) is 17.8. The van der Waals surface area contributed by atoms with Crippen molar-refractivity contribution in [2.45, 2.75) is 26.5 Å². The number of methoxy groups -OCH3 is 2. The van der Waals surface area contributed by atoms with Crippen LogP contribution < -0.4 is 18.9 Å². The molecule has 0 saturated heterocycles. The molecule has 184 valence electrons. The topological polar surface area (TPSA) is 104 Å². The van der Waals surface area contributed by atoms with Crippen LogP contribution in [-0.2, 0) is 16.6 Å². The van der Waals surface area contributed by atoms with E-state index in [0.717, 1.165) is 0 Å². The number of sulfonamides is 1. The SMILES string of the molecule is COc1cc2c(CNS(=O)(=O)CCl)cnc(C(=O)c3cccc(OC(C)C)c3)c2cc1OC.Cl. The number of rotatable bonds is 10. The molecule has 8 nitrogen and oxygen atoms in total. The second-order valence-electron chi connectivity index (χ2n) is 7.45. The molecule has 0 bridgehead atoms. The maximum absolute atomic E-state index is 13.4. The molecule has 0 spiro atoms. The Labute approximate surface area is 210 Å². The van der Waals surface area contributed by atoms with Crippen LogP contribution in [0.25, 0.3) is 10.8 Å². The molecule has 34 heavy (non-hydrogen) atoms. The fraction of sp³-hybridized carbons (Fsp3) is 0.304. The molecule has 0 aliphatic rings. The van der Waals surface area contributed by atoms with Crippen LogP contribution in [0.2, 0.25) is 0 Å². The first kappa shape index (κ1) is 27.7. The predicted octanol–water partition coefficient (Wildman–Crippen LogP) is 4.31. The smallest absolute Gasteiger partial charge is 0.225 e. The zero-order valence-electron chi connectivity index (χ0n) is 19.1. The van der Waals surface area contributed by atoms with Crippen LogP contribution >= 0.6 is 24.0 Å². The number of hydrogen-bond donors (Lipinski definition) is 1. The van der Waals surface area contributed by atoms with E-state index < -0.39 is 15.2 Å². The summed E-state index contributed by atoms with van der Waals surface area (Å²) in [5.41, 5.74) is 1.15. The standard InChI is InChI=1S/C23H25ClN2O6S.ClH/c1-14(2)32-17-7-5-6-15(8-17)23(27)22-19-10-21(31-4)20(30-3)9-18(19)16(11-25-22)12-26-33(28,29)13-24;/h5-11,14,26H,12-13H2,1-4H3;1H. The summed E-state index contributed by atoms with van der Waals surface area (Å²) in [6, 6.07) is 10.2. The molecule has 1 N–H and O–H groups in total. The number of alkyl halides is 1. The number of fused-ring (bicyclic) bond motifs is 1. The second-order valence-corrected chi connectivity index (χ2v) is 9.84. The van der Waals surface area contributed by atoms with Crippen molar-refractivity contribution in [2.75, 3.05) is 19.4 Å². The molecule has 0 radical (unpaired) electrons. The van der Waals surface area contributed by atoms with E-state index in [9.17, 15) is 13.2 Å². The highest BCUT2D eigenvalue weighted by Gasteiger charge is 2.20. The number of benzene rings is 2. The Hall–Kier alpha value is -2.59. The number of hydrogen-bond acceptors (Lipinski definition) is 7. The molecule has 0 amide bonds. The van der Waals surface area contributed by atoms with Gasteiger partial charge in [-0.25, -0.2) is 13.1 Å². The lowest BCUT2D eigenvalue weighted by molar-refractivity contribution is 0.103. The fourth-order valence-electron chi connectivity index (χ4n) is 3.29. The normalized spacial score (nSPS) is 11.2. The number of carbonyl (C=O) groups excluding carboxylic acids is 1. The van der Waals surface area contributed by atoms with E-state index >= 15 is 0 Å². The Kier molecular flexibility index (Phi) is 9.52. The first-order chi connectivity index (χ1) is 15.7. The molecule has 1 aromatic heterocycles. The fourth-order valence-corrected chi connectivity index (χ4v) is 3.97. The van der Waals surface area contributed by atoms with Gasteiger partial charge in [0.2, 0.25) is 15.8 Å². The van der Waals surface area contributed by atoms with Crippen molar-refractivity contribution >= 4 is 50.6 Å². The molecule has 0 fully saturated rings. The third-order valence-electron chi connectivity index (χ3n) is 4.78. The minimum atomic E-state index is -3.65. The van der Waals surface area contributed by atoms with Gasteiger partial charge in [-0.15, -0.1) is 24.0 Å². The van der Waals surface area contributed by atoms with Gasteiger partial charge in [0.15, 0.2) is 11.5 Å². The van der Waals surface area contributed by atoms with Crippen LogP contribution in [0.3, 0.4) is 0 Å². The van der Waals surface area contributed by atoms with Gasteiger partial charge >= 0.3 is 0 Å². The van der Waals surface area contributed by atoms with Gasteiger partial charge < -0.3 is 14.2 Å². The van der Waals surface area contributed by atoms with Crippen LogP contribution in [0.4, 0.5) is 0 Å². The van der Waals surface area contributed by atoms with E-state index in [-0.39, 0.29) is 36.5 Å². The zero-order chi connectivity index (χ0) is 24.2. The number of ether oxygens (including phenoxy) is 3. The van der Waals surface area contributed by atoms with Gasteiger partial charge in [-0.1, -0.05) is 12.1 Å². The quantitative estimate of drug-likeness (QED) is 0.308. The van der Waals surface area contributed by atoms with Gasteiger partial charge in [0.25, 0.3) is 0 Å². The average molecular weight is 529 g/mol. The maximum Gasteiger partial charge on any atom is 0.225 e. The van der Waals surface area contributed by atoms with E-state index in [0.29, 0.717) is 39.1 Å². The van der Waals surface area contributed by atoms with Crippen molar-refractivity contribution in [2.24, 2.45) is 0 Å². The van der Waals surface area contributed by atoms with Crippen molar-refractivity contribution in [3.05, 3.63) is 59.4 Å². The van der Waals surface area contributed by atoms with Crippen molar-refractivity contribution in [1.82, 2.24) is 9.71 Å². The van der Waals surface area contributed by atoms with Gasteiger partial charge in [0.1, 0.15) is 16.7 Å². The molecule has 0 unspecified atom stereocenters. The van der Waals surface area contributed by atoms with Gasteiger partial charge in [-0.05, 0) is 49.1 Å². The number of carbonyl (C=O) groups is 1.